The fourth-order valence-corrected chi connectivity index (χ4v) is 8.55. The minimum absolute atomic E-state index is 1.14. The van der Waals surface area contributed by atoms with E-state index in [4.69, 9.17) is 0 Å². The maximum atomic E-state index is 3.66. The highest BCUT2D eigenvalue weighted by Crippen LogP contribution is 2.29. The van der Waals surface area contributed by atoms with E-state index in [9.17, 15) is 0 Å². The van der Waals surface area contributed by atoms with Gasteiger partial charge in [0.25, 0.3) is 0 Å². The average Bonchev–Trinajstić information content (AvgIpc) is 2.98. The lowest BCUT2D eigenvalue weighted by molar-refractivity contribution is -0.659. The van der Waals surface area contributed by atoms with Crippen molar-refractivity contribution in [2.75, 3.05) is 24.6 Å². The highest BCUT2D eigenvalue weighted by Gasteiger charge is 2.43. The van der Waals surface area contributed by atoms with Crippen LogP contribution in [0.3, 0.4) is 0 Å². The number of hydrogen-bond donors (Lipinski definition) is 2. The number of aryl methyl sites for hydroxylation is 2. The number of benzene rings is 1. The first-order chi connectivity index (χ1) is 10.7. The van der Waals surface area contributed by atoms with Gasteiger partial charge >= 0.3 is 0 Å². The summed E-state index contributed by atoms with van der Waals surface area (Å²) in [5, 5.41) is 8.92. The van der Waals surface area contributed by atoms with Crippen LogP contribution in [-0.4, -0.2) is 27.3 Å². The quantitative estimate of drug-likeness (QED) is 0.620. The monoisotopic (exact) mass is 310 g/mol. The second-order valence-corrected chi connectivity index (χ2v) is 11.2. The number of pyridine rings is 1. The smallest absolute Gasteiger partial charge is 0.214 e. The second-order valence-electron chi connectivity index (χ2n) is 6.80. The summed E-state index contributed by atoms with van der Waals surface area (Å²) in [4.78, 5) is 0. The van der Waals surface area contributed by atoms with Crippen molar-refractivity contribution in [1.29, 1.82) is 0 Å². The number of rotatable bonds is 1. The summed E-state index contributed by atoms with van der Waals surface area (Å²) >= 11 is 0. The Morgan fingerprint density at radius 3 is 2.73 bits per heavy atom. The summed E-state index contributed by atoms with van der Waals surface area (Å²) in [6.07, 6.45) is 3.67. The van der Waals surface area contributed by atoms with Crippen LogP contribution in [0, 0.1) is 6.92 Å². The van der Waals surface area contributed by atoms with Crippen molar-refractivity contribution in [3.8, 4) is 11.3 Å². The molecule has 2 N–H and O–H groups in total. The van der Waals surface area contributed by atoms with Crippen LogP contribution in [0.2, 0.25) is 12.1 Å². The van der Waals surface area contributed by atoms with Crippen molar-refractivity contribution in [3.05, 3.63) is 42.1 Å². The Balaban J connectivity index is 1.86. The molecule has 0 amide bonds. The lowest BCUT2D eigenvalue weighted by Crippen LogP contribution is -2.57. The van der Waals surface area contributed by atoms with Gasteiger partial charge in [0.2, 0.25) is 5.69 Å². The molecule has 114 valence electrons. The van der Waals surface area contributed by atoms with Crippen LogP contribution in [0.15, 0.2) is 36.5 Å². The average molecular weight is 310 g/mol. The molecular formula is C18H24N3Si+. The predicted octanol–water partition coefficient (Wildman–Crippen LogP) is 1.71. The van der Waals surface area contributed by atoms with Gasteiger partial charge in [0, 0.05) is 29.0 Å². The molecule has 1 saturated heterocycles. The van der Waals surface area contributed by atoms with Crippen molar-refractivity contribution >= 4 is 18.9 Å². The molecule has 4 heteroatoms. The Hall–Kier alpha value is -1.65. The third-order valence-electron chi connectivity index (χ3n) is 5.43. The molecule has 2 aliphatic heterocycles. The second kappa shape index (κ2) is 5.21. The number of fused-ring (bicyclic) bond motifs is 2. The summed E-state index contributed by atoms with van der Waals surface area (Å²) in [7, 11) is 0.892. The van der Waals surface area contributed by atoms with Crippen LogP contribution in [0.5, 0.6) is 0 Å². The predicted molar refractivity (Wildman–Crippen MR) is 94.2 cm³/mol. The number of aromatic nitrogens is 1. The van der Waals surface area contributed by atoms with Crippen LogP contribution in [0.25, 0.3) is 11.3 Å². The van der Waals surface area contributed by atoms with Gasteiger partial charge in [-0.3, -0.25) is 0 Å². The lowest BCUT2D eigenvalue weighted by Gasteiger charge is -2.32. The zero-order valence-corrected chi connectivity index (χ0v) is 14.4. The zero-order valence-electron chi connectivity index (χ0n) is 13.4. The Bertz CT molecular complexity index is 720. The summed E-state index contributed by atoms with van der Waals surface area (Å²) < 4.78 is 2.33. The molecule has 2 aliphatic rings. The van der Waals surface area contributed by atoms with Gasteiger partial charge in [0.1, 0.15) is 15.1 Å². The normalized spacial score (nSPS) is 23.4. The minimum Gasteiger partial charge on any atom is -0.385 e. The maximum Gasteiger partial charge on any atom is 0.214 e. The van der Waals surface area contributed by atoms with Gasteiger partial charge in [-0.15, -0.1) is 0 Å². The highest BCUT2D eigenvalue weighted by molar-refractivity contribution is 6.94. The topological polar surface area (TPSA) is 27.9 Å². The van der Waals surface area contributed by atoms with Gasteiger partial charge in [-0.1, -0.05) is 18.2 Å². The molecule has 1 unspecified atom stereocenters. The van der Waals surface area contributed by atoms with Crippen molar-refractivity contribution in [2.24, 2.45) is 7.05 Å². The first kappa shape index (κ1) is 14.0. The minimum atomic E-state index is -1.30. The lowest BCUT2D eigenvalue weighted by atomic mass is 10.0. The Labute approximate surface area is 133 Å². The molecule has 1 aromatic heterocycles. The van der Waals surface area contributed by atoms with Crippen LogP contribution in [-0.2, 0) is 7.05 Å². The molecule has 22 heavy (non-hydrogen) atoms. The first-order valence-corrected chi connectivity index (χ1v) is 10.9. The maximum absolute atomic E-state index is 3.66. The SMILES string of the molecule is Cc1ccccc1-c1cc2c(c[n+]1C)[Si]1(CCNC1)CCN2. The summed E-state index contributed by atoms with van der Waals surface area (Å²) in [6.45, 7) is 4.54. The third kappa shape index (κ3) is 2.09. The van der Waals surface area contributed by atoms with E-state index >= 15 is 0 Å². The fraction of sp³-hybridized carbons (Fsp3) is 0.389. The van der Waals surface area contributed by atoms with Gasteiger partial charge < -0.3 is 10.6 Å². The van der Waals surface area contributed by atoms with Crippen LogP contribution in [0.4, 0.5) is 5.69 Å². The zero-order chi connectivity index (χ0) is 15.2. The number of nitrogens with one attached hydrogen (secondary N) is 2. The molecule has 0 saturated carbocycles. The van der Waals surface area contributed by atoms with Gasteiger partial charge in [0.15, 0.2) is 6.20 Å². The fourth-order valence-electron chi connectivity index (χ4n) is 4.10. The summed E-state index contributed by atoms with van der Waals surface area (Å²) in [5.41, 5.74) is 5.36. The molecule has 1 aromatic carbocycles. The summed E-state index contributed by atoms with van der Waals surface area (Å²) in [6, 6.07) is 13.8. The van der Waals surface area contributed by atoms with Crippen molar-refractivity contribution in [2.45, 2.75) is 19.0 Å². The Kier molecular flexibility index (Phi) is 3.31. The van der Waals surface area contributed by atoms with Crippen molar-refractivity contribution < 1.29 is 4.57 Å². The molecule has 3 heterocycles. The first-order valence-electron chi connectivity index (χ1n) is 8.24. The molecule has 0 aliphatic carbocycles. The van der Waals surface area contributed by atoms with Crippen molar-refractivity contribution in [1.82, 2.24) is 5.32 Å². The molecule has 0 bridgehead atoms. The van der Waals surface area contributed by atoms with E-state index in [1.54, 1.807) is 5.19 Å². The standard InChI is InChI=1S/C18H23N3Si/c1-14-5-3-4-6-15(14)17-11-16-18(12-21(17)2)22(10-8-20-16)9-7-19-13-22/h3-6,11-12,19H,7-10,13H2,1-2H3/p+1. The van der Waals surface area contributed by atoms with E-state index in [1.165, 1.54) is 47.3 Å². The molecule has 4 rings (SSSR count). The molecule has 0 radical (unpaired) electrons. The van der Waals surface area contributed by atoms with Gasteiger partial charge in [-0.05, 0) is 43.4 Å². The van der Waals surface area contributed by atoms with E-state index in [-0.39, 0.29) is 0 Å². The van der Waals surface area contributed by atoms with Gasteiger partial charge in [0.05, 0.1) is 0 Å². The third-order valence-corrected chi connectivity index (χ3v) is 10.3. The van der Waals surface area contributed by atoms with E-state index in [2.05, 4.69) is 65.7 Å². The number of hydrogen-bond acceptors (Lipinski definition) is 2. The van der Waals surface area contributed by atoms with Crippen LogP contribution in [0.1, 0.15) is 5.56 Å². The molecular weight excluding hydrogens is 286 g/mol. The van der Waals surface area contributed by atoms with Gasteiger partial charge in [-0.2, -0.15) is 0 Å². The molecule has 1 atom stereocenters. The summed E-state index contributed by atoms with van der Waals surface area (Å²) in [5.74, 6) is 0. The van der Waals surface area contributed by atoms with Crippen molar-refractivity contribution in [3.63, 3.8) is 0 Å². The molecule has 1 fully saturated rings. The van der Waals surface area contributed by atoms with Crippen LogP contribution >= 0.6 is 0 Å². The van der Waals surface area contributed by atoms with E-state index in [0.717, 1.165) is 6.54 Å². The Morgan fingerprint density at radius 2 is 1.95 bits per heavy atom. The van der Waals surface area contributed by atoms with Crippen LogP contribution < -0.4 is 20.4 Å². The highest BCUT2D eigenvalue weighted by atomic mass is 28.3. The van der Waals surface area contributed by atoms with Gasteiger partial charge in [-0.25, -0.2) is 4.57 Å². The van der Waals surface area contributed by atoms with E-state index < -0.39 is 8.07 Å². The number of nitrogens with zero attached hydrogens (tertiary/aromatic N) is 1. The van der Waals surface area contributed by atoms with E-state index in [0.29, 0.717) is 0 Å². The largest absolute Gasteiger partial charge is 0.385 e. The van der Waals surface area contributed by atoms with E-state index in [1.807, 2.05) is 0 Å². The molecule has 3 nitrogen and oxygen atoms in total. The Morgan fingerprint density at radius 1 is 1.14 bits per heavy atom. The molecule has 1 spiro atoms. The number of anilines is 1. The molecule has 2 aromatic rings.